The van der Waals surface area contributed by atoms with Crippen LogP contribution in [0.1, 0.15) is 46.8 Å². The lowest BCUT2D eigenvalue weighted by Gasteiger charge is -2.25. The summed E-state index contributed by atoms with van der Waals surface area (Å²) < 4.78 is 0. The van der Waals surface area contributed by atoms with Gasteiger partial charge in [0.2, 0.25) is 0 Å². The van der Waals surface area contributed by atoms with Gasteiger partial charge in [0.25, 0.3) is 0 Å². The minimum Gasteiger partial charge on any atom is -0.372 e. The zero-order chi connectivity index (χ0) is 22.2. The summed E-state index contributed by atoms with van der Waals surface area (Å²) in [5, 5.41) is 7.86. The van der Waals surface area contributed by atoms with Crippen LogP contribution >= 0.6 is 23.2 Å². The maximum Gasteiger partial charge on any atom is 0.193 e. The number of hydrogen-bond acceptors (Lipinski definition) is 4. The van der Waals surface area contributed by atoms with E-state index in [2.05, 4.69) is 10.6 Å². The Morgan fingerprint density at radius 2 is 1.66 bits per heavy atom. The van der Waals surface area contributed by atoms with Gasteiger partial charge in [0.15, 0.2) is 11.6 Å². The molecule has 160 valence electrons. The van der Waals surface area contributed by atoms with Crippen molar-refractivity contribution in [1.82, 2.24) is 0 Å². The lowest BCUT2D eigenvalue weighted by molar-refractivity contribution is -0.116. The van der Waals surface area contributed by atoms with Crippen molar-refractivity contribution in [2.75, 3.05) is 10.6 Å². The van der Waals surface area contributed by atoms with E-state index in [1.54, 1.807) is 30.3 Å². The van der Waals surface area contributed by atoms with Crippen molar-refractivity contribution in [3.8, 4) is 0 Å². The molecule has 1 aliphatic carbocycles. The molecule has 0 amide bonds. The normalized spacial score (nSPS) is 17.6. The van der Waals surface area contributed by atoms with Gasteiger partial charge in [0, 0.05) is 28.8 Å². The lowest BCUT2D eigenvalue weighted by atomic mass is 9.87. The topological polar surface area (TPSA) is 58.2 Å². The monoisotopic (exact) mass is 462 g/mol. The second-order valence-electron chi connectivity index (χ2n) is 8.00. The Morgan fingerprint density at radius 1 is 0.844 bits per heavy atom. The van der Waals surface area contributed by atoms with Gasteiger partial charge < -0.3 is 10.6 Å². The van der Waals surface area contributed by atoms with E-state index in [1.165, 1.54) is 0 Å². The number of carbonyl (C=O) groups excluding carboxylic acids is 2. The van der Waals surface area contributed by atoms with E-state index in [1.807, 2.05) is 36.4 Å². The van der Waals surface area contributed by atoms with Crippen LogP contribution in [0, 0.1) is 0 Å². The molecule has 0 unspecified atom stereocenters. The molecule has 3 aromatic rings. The molecule has 3 aromatic carbocycles. The van der Waals surface area contributed by atoms with Crippen LogP contribution in [0.4, 0.5) is 11.4 Å². The molecule has 5 rings (SSSR count). The molecule has 0 fully saturated rings. The molecule has 1 aliphatic heterocycles. The first-order valence-corrected chi connectivity index (χ1v) is 11.3. The van der Waals surface area contributed by atoms with Crippen LogP contribution < -0.4 is 10.6 Å². The van der Waals surface area contributed by atoms with E-state index in [9.17, 15) is 9.59 Å². The molecule has 2 N–H and O–H groups in total. The number of rotatable bonds is 3. The first kappa shape index (κ1) is 20.8. The molecule has 1 heterocycles. The van der Waals surface area contributed by atoms with Crippen molar-refractivity contribution in [2.24, 2.45) is 0 Å². The molecule has 0 saturated heterocycles. The van der Waals surface area contributed by atoms with Crippen molar-refractivity contribution in [2.45, 2.75) is 25.3 Å². The maximum absolute atomic E-state index is 13.0. The van der Waals surface area contributed by atoms with Gasteiger partial charge in [-0.2, -0.15) is 0 Å². The fourth-order valence-corrected chi connectivity index (χ4v) is 4.64. The van der Waals surface area contributed by atoms with Gasteiger partial charge in [-0.25, -0.2) is 0 Å². The van der Waals surface area contributed by atoms with Crippen molar-refractivity contribution in [3.63, 3.8) is 0 Å². The number of fused-ring (bicyclic) bond motifs is 1. The van der Waals surface area contributed by atoms with E-state index >= 15 is 0 Å². The summed E-state index contributed by atoms with van der Waals surface area (Å²) in [6.07, 6.45) is 2.06. The number of allylic oxidation sites excluding steroid dienone is 1. The SMILES string of the molecule is O=C1CCCC2=C1[C@H](c1ccc(Cl)c(Cl)c1)Nc1ccc(C(=O)c3ccccc3)cc1N2. The van der Waals surface area contributed by atoms with Crippen molar-refractivity contribution in [3.05, 3.63) is 105 Å². The second kappa shape index (κ2) is 8.45. The van der Waals surface area contributed by atoms with Crippen LogP contribution in [0.15, 0.2) is 78.0 Å². The molecule has 0 radical (unpaired) electrons. The van der Waals surface area contributed by atoms with Crippen LogP contribution in [0.5, 0.6) is 0 Å². The Bertz CT molecular complexity index is 1270. The van der Waals surface area contributed by atoms with Gasteiger partial charge in [0.05, 0.1) is 27.5 Å². The summed E-state index contributed by atoms with van der Waals surface area (Å²) >= 11 is 12.4. The van der Waals surface area contributed by atoms with Gasteiger partial charge >= 0.3 is 0 Å². The highest BCUT2D eigenvalue weighted by Gasteiger charge is 2.32. The number of carbonyl (C=O) groups is 2. The van der Waals surface area contributed by atoms with E-state index in [0.717, 1.165) is 35.5 Å². The van der Waals surface area contributed by atoms with E-state index < -0.39 is 0 Å². The number of Topliss-reactive ketones (excluding diaryl/α,β-unsaturated/α-hetero) is 1. The fraction of sp³-hybridized carbons (Fsp3) is 0.154. The summed E-state index contributed by atoms with van der Waals surface area (Å²) in [6, 6.07) is 19.8. The first-order valence-electron chi connectivity index (χ1n) is 10.5. The average Bonchev–Trinajstić information content (AvgIpc) is 2.98. The number of nitrogens with one attached hydrogen (secondary N) is 2. The zero-order valence-electron chi connectivity index (χ0n) is 17.1. The standard InChI is InChI=1S/C26H20Cl2N2O2/c27-18-11-9-16(13-19(18)28)25-24-21(7-4-8-23(24)31)29-22-14-17(10-12-20(22)30-25)26(32)15-5-2-1-3-6-15/h1-3,5-6,9-14,25,29-30H,4,7-8H2/t25-/m0/s1. The van der Waals surface area contributed by atoms with Crippen molar-refractivity contribution >= 4 is 46.1 Å². The van der Waals surface area contributed by atoms with Crippen LogP contribution in [0.2, 0.25) is 10.0 Å². The average molecular weight is 463 g/mol. The Balaban J connectivity index is 1.59. The number of benzene rings is 3. The van der Waals surface area contributed by atoms with Gasteiger partial charge in [-0.15, -0.1) is 0 Å². The predicted molar refractivity (Wildman–Crippen MR) is 129 cm³/mol. The molecule has 6 heteroatoms. The van der Waals surface area contributed by atoms with Gasteiger partial charge in [0.1, 0.15) is 0 Å². The molecule has 0 spiro atoms. The third-order valence-corrected chi connectivity index (χ3v) is 6.66. The van der Waals surface area contributed by atoms with Gasteiger partial charge in [-0.05, 0) is 48.7 Å². The highest BCUT2D eigenvalue weighted by molar-refractivity contribution is 6.42. The Hall–Kier alpha value is -3.08. The molecule has 4 nitrogen and oxygen atoms in total. The second-order valence-corrected chi connectivity index (χ2v) is 8.81. The molecule has 0 aromatic heterocycles. The van der Waals surface area contributed by atoms with Crippen LogP contribution in [-0.4, -0.2) is 11.6 Å². The first-order chi connectivity index (χ1) is 15.5. The number of hydrogen-bond donors (Lipinski definition) is 2. The van der Waals surface area contributed by atoms with Crippen molar-refractivity contribution in [1.29, 1.82) is 0 Å². The highest BCUT2D eigenvalue weighted by atomic mass is 35.5. The van der Waals surface area contributed by atoms with E-state index in [4.69, 9.17) is 23.2 Å². The van der Waals surface area contributed by atoms with E-state index in [0.29, 0.717) is 33.2 Å². The molecular formula is C26H20Cl2N2O2. The van der Waals surface area contributed by atoms with Crippen LogP contribution in [0.3, 0.4) is 0 Å². The van der Waals surface area contributed by atoms with Gasteiger partial charge in [-0.3, -0.25) is 9.59 Å². The highest BCUT2D eigenvalue weighted by Crippen LogP contribution is 2.42. The minimum absolute atomic E-state index is 0.0468. The maximum atomic E-state index is 13.0. The number of halogens is 2. The third-order valence-electron chi connectivity index (χ3n) is 5.92. The number of ketones is 2. The molecule has 1 atom stereocenters. The van der Waals surface area contributed by atoms with Gasteiger partial charge in [-0.1, -0.05) is 59.6 Å². The minimum atomic E-state index is -0.364. The Kier molecular flexibility index (Phi) is 5.50. The third kappa shape index (κ3) is 3.81. The van der Waals surface area contributed by atoms with Crippen molar-refractivity contribution < 1.29 is 9.59 Å². The van der Waals surface area contributed by atoms with E-state index in [-0.39, 0.29) is 17.6 Å². The summed E-state index contributed by atoms with van der Waals surface area (Å²) in [5.74, 6) is 0.0603. The molecule has 2 aliphatic rings. The van der Waals surface area contributed by atoms with Crippen LogP contribution in [0.25, 0.3) is 0 Å². The summed E-state index contributed by atoms with van der Waals surface area (Å²) in [4.78, 5) is 25.9. The molecule has 0 saturated carbocycles. The predicted octanol–water partition coefficient (Wildman–Crippen LogP) is 6.81. The van der Waals surface area contributed by atoms with Crippen LogP contribution in [-0.2, 0) is 4.79 Å². The molecular weight excluding hydrogens is 443 g/mol. The Labute approximate surface area is 196 Å². The Morgan fingerprint density at radius 3 is 2.44 bits per heavy atom. The molecule has 32 heavy (non-hydrogen) atoms. The zero-order valence-corrected chi connectivity index (χ0v) is 18.6. The summed E-state index contributed by atoms with van der Waals surface area (Å²) in [6.45, 7) is 0. The largest absolute Gasteiger partial charge is 0.372 e. The fourth-order valence-electron chi connectivity index (χ4n) is 4.33. The summed E-state index contributed by atoms with van der Waals surface area (Å²) in [7, 11) is 0. The summed E-state index contributed by atoms with van der Waals surface area (Å²) in [5.41, 5.74) is 5.26. The lowest BCUT2D eigenvalue weighted by Crippen LogP contribution is -2.23. The number of anilines is 2. The molecule has 0 bridgehead atoms. The smallest absolute Gasteiger partial charge is 0.193 e. The quantitative estimate of drug-likeness (QED) is 0.419.